The fourth-order valence-electron chi connectivity index (χ4n) is 3.25. The second-order valence-corrected chi connectivity index (χ2v) is 8.03. The summed E-state index contributed by atoms with van der Waals surface area (Å²) in [4.78, 5) is 20.1. The molecule has 2 aromatic heterocycles. The SMILES string of the molecule is C[C@@H](c1ccccc1)[C@H](N)CNc1ncc(-c2ccc3[nH]c(=O)n(C)c3c2)s1. The van der Waals surface area contributed by atoms with Crippen LogP contribution < -0.4 is 16.7 Å². The van der Waals surface area contributed by atoms with Gasteiger partial charge in [0.25, 0.3) is 0 Å². The summed E-state index contributed by atoms with van der Waals surface area (Å²) < 4.78 is 1.61. The Morgan fingerprint density at radius 3 is 2.82 bits per heavy atom. The summed E-state index contributed by atoms with van der Waals surface area (Å²) in [6, 6.07) is 16.2. The van der Waals surface area contributed by atoms with Crippen LogP contribution in [0.5, 0.6) is 0 Å². The van der Waals surface area contributed by atoms with Crippen molar-refractivity contribution in [2.75, 3.05) is 11.9 Å². The van der Waals surface area contributed by atoms with Crippen molar-refractivity contribution in [1.82, 2.24) is 14.5 Å². The van der Waals surface area contributed by atoms with Gasteiger partial charge in [-0.2, -0.15) is 0 Å². The lowest BCUT2D eigenvalue weighted by Gasteiger charge is -2.20. The highest BCUT2D eigenvalue weighted by Crippen LogP contribution is 2.30. The van der Waals surface area contributed by atoms with Crippen LogP contribution in [0.2, 0.25) is 0 Å². The van der Waals surface area contributed by atoms with E-state index in [1.807, 2.05) is 42.6 Å². The first-order valence-electron chi connectivity index (χ1n) is 9.22. The minimum atomic E-state index is -0.111. The van der Waals surface area contributed by atoms with Crippen LogP contribution in [0.4, 0.5) is 5.13 Å². The Kier molecular flexibility index (Phi) is 5.02. The zero-order valence-corrected chi connectivity index (χ0v) is 16.7. The maximum atomic E-state index is 11.8. The van der Waals surface area contributed by atoms with Crippen LogP contribution >= 0.6 is 11.3 Å². The predicted molar refractivity (Wildman–Crippen MR) is 116 cm³/mol. The molecule has 0 aliphatic rings. The number of anilines is 1. The molecule has 0 aliphatic carbocycles. The fourth-order valence-corrected chi connectivity index (χ4v) is 4.07. The van der Waals surface area contributed by atoms with Crippen molar-refractivity contribution in [1.29, 1.82) is 0 Å². The van der Waals surface area contributed by atoms with Crippen molar-refractivity contribution in [3.8, 4) is 10.4 Å². The summed E-state index contributed by atoms with van der Waals surface area (Å²) in [5.41, 5.74) is 10.3. The van der Waals surface area contributed by atoms with Crippen LogP contribution in [-0.4, -0.2) is 27.1 Å². The van der Waals surface area contributed by atoms with Gasteiger partial charge in [-0.15, -0.1) is 0 Å². The summed E-state index contributed by atoms with van der Waals surface area (Å²) in [5, 5.41) is 4.20. The minimum Gasteiger partial charge on any atom is -0.360 e. The number of thiazole rings is 1. The Morgan fingerprint density at radius 2 is 2.04 bits per heavy atom. The Bertz CT molecular complexity index is 1140. The second-order valence-electron chi connectivity index (χ2n) is 6.99. The van der Waals surface area contributed by atoms with Crippen LogP contribution in [0.1, 0.15) is 18.4 Å². The zero-order valence-electron chi connectivity index (χ0n) is 15.8. The van der Waals surface area contributed by atoms with Gasteiger partial charge in [-0.25, -0.2) is 9.78 Å². The van der Waals surface area contributed by atoms with Gasteiger partial charge in [-0.3, -0.25) is 4.57 Å². The number of nitrogens with zero attached hydrogens (tertiary/aromatic N) is 2. The summed E-state index contributed by atoms with van der Waals surface area (Å²) >= 11 is 1.58. The monoisotopic (exact) mass is 393 g/mol. The van der Waals surface area contributed by atoms with Crippen molar-refractivity contribution in [2.45, 2.75) is 18.9 Å². The zero-order chi connectivity index (χ0) is 19.7. The topological polar surface area (TPSA) is 88.7 Å². The van der Waals surface area contributed by atoms with E-state index >= 15 is 0 Å². The van der Waals surface area contributed by atoms with Gasteiger partial charge in [0.1, 0.15) is 0 Å². The summed E-state index contributed by atoms with van der Waals surface area (Å²) in [5.74, 6) is 0.255. The Hall–Kier alpha value is -2.90. The quantitative estimate of drug-likeness (QED) is 0.467. The molecule has 6 nitrogen and oxygen atoms in total. The standard InChI is InChI=1S/C21H23N5OS/c1-13(14-6-4-3-5-7-14)16(22)11-23-20-24-12-19(28-20)15-8-9-17-18(10-15)26(2)21(27)25-17/h3-10,12-13,16H,11,22H2,1-2H3,(H,23,24)(H,25,27)/t13-,16+/m0/s1. The lowest BCUT2D eigenvalue weighted by Crippen LogP contribution is -2.34. The van der Waals surface area contributed by atoms with E-state index in [1.165, 1.54) is 5.56 Å². The molecule has 0 fully saturated rings. The van der Waals surface area contributed by atoms with Crippen LogP contribution in [0.3, 0.4) is 0 Å². The molecule has 7 heteroatoms. The molecule has 4 rings (SSSR count). The first-order chi connectivity index (χ1) is 13.5. The van der Waals surface area contributed by atoms with E-state index in [0.717, 1.165) is 26.6 Å². The number of rotatable bonds is 6. The van der Waals surface area contributed by atoms with E-state index in [0.29, 0.717) is 6.54 Å². The molecular formula is C21H23N5OS. The van der Waals surface area contributed by atoms with Gasteiger partial charge in [-0.1, -0.05) is 54.7 Å². The van der Waals surface area contributed by atoms with Gasteiger partial charge < -0.3 is 16.0 Å². The maximum absolute atomic E-state index is 11.8. The number of nitrogens with one attached hydrogen (secondary N) is 2. The van der Waals surface area contributed by atoms with Gasteiger partial charge in [-0.05, 0) is 29.2 Å². The average molecular weight is 394 g/mol. The van der Waals surface area contributed by atoms with E-state index in [-0.39, 0.29) is 17.6 Å². The summed E-state index contributed by atoms with van der Waals surface area (Å²) in [7, 11) is 1.76. The van der Waals surface area contributed by atoms with Crippen molar-refractivity contribution in [3.63, 3.8) is 0 Å². The molecule has 0 radical (unpaired) electrons. The largest absolute Gasteiger partial charge is 0.360 e. The van der Waals surface area contributed by atoms with Crippen LogP contribution in [0, 0.1) is 0 Å². The first-order valence-corrected chi connectivity index (χ1v) is 10.0. The number of imidazole rings is 1. The molecular weight excluding hydrogens is 370 g/mol. The third-order valence-electron chi connectivity index (χ3n) is 5.15. The smallest absolute Gasteiger partial charge is 0.326 e. The third-order valence-corrected chi connectivity index (χ3v) is 6.16. The number of aromatic amines is 1. The average Bonchev–Trinajstić information content (AvgIpc) is 3.31. The number of fused-ring (bicyclic) bond motifs is 1. The molecule has 0 spiro atoms. The Morgan fingerprint density at radius 1 is 1.25 bits per heavy atom. The lowest BCUT2D eigenvalue weighted by molar-refractivity contribution is 0.589. The van der Waals surface area contributed by atoms with E-state index in [4.69, 9.17) is 5.73 Å². The molecule has 0 unspecified atom stereocenters. The first kappa shape index (κ1) is 18.5. The van der Waals surface area contributed by atoms with Gasteiger partial charge in [0.05, 0.1) is 15.9 Å². The number of H-pyrrole nitrogens is 1. The van der Waals surface area contributed by atoms with Crippen LogP contribution in [0.25, 0.3) is 21.5 Å². The van der Waals surface area contributed by atoms with Crippen LogP contribution in [-0.2, 0) is 7.05 Å². The normalized spacial score (nSPS) is 13.5. The molecule has 0 aliphatic heterocycles. The number of hydrogen-bond donors (Lipinski definition) is 3. The van der Waals surface area contributed by atoms with Gasteiger partial charge in [0.15, 0.2) is 5.13 Å². The van der Waals surface area contributed by atoms with Gasteiger partial charge in [0.2, 0.25) is 0 Å². The second kappa shape index (κ2) is 7.61. The van der Waals surface area contributed by atoms with E-state index < -0.39 is 0 Å². The highest BCUT2D eigenvalue weighted by Gasteiger charge is 2.15. The Balaban J connectivity index is 1.46. The number of benzene rings is 2. The van der Waals surface area contributed by atoms with Crippen molar-refractivity contribution < 1.29 is 0 Å². The molecule has 2 atom stereocenters. The molecule has 28 heavy (non-hydrogen) atoms. The molecule has 4 aromatic rings. The van der Waals surface area contributed by atoms with Crippen molar-refractivity contribution in [2.24, 2.45) is 12.8 Å². The van der Waals surface area contributed by atoms with E-state index in [1.54, 1.807) is 23.0 Å². The number of aromatic nitrogens is 3. The molecule has 0 amide bonds. The van der Waals surface area contributed by atoms with E-state index in [9.17, 15) is 4.79 Å². The molecule has 2 aromatic carbocycles. The minimum absolute atomic E-state index is 0.0134. The predicted octanol–water partition coefficient (Wildman–Crippen LogP) is 3.53. The molecule has 144 valence electrons. The number of aryl methyl sites for hydroxylation is 1. The molecule has 0 saturated heterocycles. The highest BCUT2D eigenvalue weighted by atomic mass is 32.1. The molecule has 0 saturated carbocycles. The summed E-state index contributed by atoms with van der Waals surface area (Å²) in [6.45, 7) is 2.79. The lowest BCUT2D eigenvalue weighted by atomic mass is 9.94. The number of nitrogens with two attached hydrogens (primary N) is 1. The van der Waals surface area contributed by atoms with E-state index in [2.05, 4.69) is 34.3 Å². The molecule has 2 heterocycles. The maximum Gasteiger partial charge on any atom is 0.326 e. The van der Waals surface area contributed by atoms with Crippen molar-refractivity contribution in [3.05, 3.63) is 70.8 Å². The third kappa shape index (κ3) is 3.58. The van der Waals surface area contributed by atoms with Gasteiger partial charge in [0, 0.05) is 25.8 Å². The molecule has 0 bridgehead atoms. The Labute approximate surface area is 167 Å². The van der Waals surface area contributed by atoms with Gasteiger partial charge >= 0.3 is 5.69 Å². The van der Waals surface area contributed by atoms with Crippen LogP contribution in [0.15, 0.2) is 59.5 Å². The highest BCUT2D eigenvalue weighted by molar-refractivity contribution is 7.18. The fraction of sp³-hybridized carbons (Fsp3) is 0.238. The molecule has 4 N–H and O–H groups in total. The van der Waals surface area contributed by atoms with Crippen molar-refractivity contribution >= 4 is 27.5 Å². The number of hydrogen-bond acceptors (Lipinski definition) is 5. The summed E-state index contributed by atoms with van der Waals surface area (Å²) in [6.07, 6.45) is 1.85.